The summed E-state index contributed by atoms with van der Waals surface area (Å²) in [7, 11) is 1.68. The number of benzene rings is 1. The highest BCUT2D eigenvalue weighted by Gasteiger charge is 2.07. The van der Waals surface area contributed by atoms with Crippen LogP contribution in [-0.4, -0.2) is 23.5 Å². The summed E-state index contributed by atoms with van der Waals surface area (Å²) in [6.45, 7) is 2.69. The molecule has 1 aromatic heterocycles. The molecule has 0 unspecified atom stereocenters. The molecule has 0 radical (unpaired) electrons. The van der Waals surface area contributed by atoms with E-state index in [4.69, 9.17) is 10.5 Å². The Morgan fingerprint density at radius 1 is 1.39 bits per heavy atom. The van der Waals surface area contributed by atoms with Crippen molar-refractivity contribution in [3.05, 3.63) is 40.0 Å². The second-order valence-electron chi connectivity index (χ2n) is 4.15. The number of hydrogen-bond donors (Lipinski definition) is 1. The molecule has 0 saturated heterocycles. The van der Waals surface area contributed by atoms with Crippen LogP contribution in [0.5, 0.6) is 0 Å². The molecule has 0 atom stereocenters. The van der Waals surface area contributed by atoms with Crippen LogP contribution in [0.3, 0.4) is 0 Å². The first kappa shape index (κ1) is 13.1. The van der Waals surface area contributed by atoms with E-state index >= 15 is 0 Å². The quantitative estimate of drug-likeness (QED) is 0.944. The number of anilines is 1. The first-order valence-corrected chi connectivity index (χ1v) is 6.51. The number of ether oxygens (including phenoxy) is 1. The molecule has 0 aliphatic rings. The summed E-state index contributed by atoms with van der Waals surface area (Å²) in [5.74, 6) is 0.642. The minimum Gasteiger partial charge on any atom is -0.384 e. The lowest BCUT2D eigenvalue weighted by molar-refractivity contribution is 0.201. The highest BCUT2D eigenvalue weighted by Crippen LogP contribution is 2.21. The van der Waals surface area contributed by atoms with E-state index in [1.54, 1.807) is 11.8 Å². The Balaban J connectivity index is 2.32. The average Bonchev–Trinajstić information content (AvgIpc) is 2.71. The van der Waals surface area contributed by atoms with E-state index < -0.39 is 0 Å². The van der Waals surface area contributed by atoms with E-state index in [-0.39, 0.29) is 0 Å². The van der Waals surface area contributed by atoms with Gasteiger partial charge in [-0.1, -0.05) is 15.9 Å². The summed E-state index contributed by atoms with van der Waals surface area (Å²) in [5.41, 5.74) is 9.04. The Morgan fingerprint density at radius 2 is 2.17 bits per heavy atom. The van der Waals surface area contributed by atoms with Crippen molar-refractivity contribution in [3.63, 3.8) is 0 Å². The number of aryl methyl sites for hydroxylation is 1. The molecule has 1 aromatic carbocycles. The third kappa shape index (κ3) is 2.73. The fraction of sp³-hybridized carbons (Fsp3) is 0.308. The number of hydrogen-bond acceptors (Lipinski definition) is 3. The molecular weight excluding hydrogens is 294 g/mol. The molecule has 0 saturated carbocycles. The summed E-state index contributed by atoms with van der Waals surface area (Å²) < 4.78 is 7.87. The fourth-order valence-electron chi connectivity index (χ4n) is 1.74. The van der Waals surface area contributed by atoms with E-state index in [2.05, 4.69) is 21.0 Å². The highest BCUT2D eigenvalue weighted by atomic mass is 79.9. The SMILES string of the molecule is COCCc1cc(N)n(-c2ccc(Br)c(C)c2)n1. The Kier molecular flexibility index (Phi) is 4.04. The molecule has 0 aliphatic heterocycles. The van der Waals surface area contributed by atoms with Crippen LogP contribution in [-0.2, 0) is 11.2 Å². The van der Waals surface area contributed by atoms with Gasteiger partial charge in [0.25, 0.3) is 0 Å². The lowest BCUT2D eigenvalue weighted by Gasteiger charge is -2.06. The smallest absolute Gasteiger partial charge is 0.127 e. The van der Waals surface area contributed by atoms with Crippen molar-refractivity contribution in [1.82, 2.24) is 9.78 Å². The van der Waals surface area contributed by atoms with Crippen molar-refractivity contribution < 1.29 is 4.74 Å². The van der Waals surface area contributed by atoms with Gasteiger partial charge < -0.3 is 10.5 Å². The van der Waals surface area contributed by atoms with Gasteiger partial charge in [0.1, 0.15) is 5.82 Å². The van der Waals surface area contributed by atoms with Crippen LogP contribution in [0.1, 0.15) is 11.3 Å². The summed E-state index contributed by atoms with van der Waals surface area (Å²) in [5, 5.41) is 4.48. The number of methoxy groups -OCH3 is 1. The zero-order valence-corrected chi connectivity index (χ0v) is 12.1. The second-order valence-corrected chi connectivity index (χ2v) is 5.00. The third-order valence-electron chi connectivity index (χ3n) is 2.74. The van der Waals surface area contributed by atoms with Gasteiger partial charge >= 0.3 is 0 Å². The molecule has 0 spiro atoms. The molecular formula is C13H16BrN3O. The molecule has 2 aromatic rings. The molecule has 4 nitrogen and oxygen atoms in total. The molecule has 0 bridgehead atoms. The molecule has 0 aliphatic carbocycles. The normalized spacial score (nSPS) is 10.8. The fourth-order valence-corrected chi connectivity index (χ4v) is 1.99. The molecule has 2 rings (SSSR count). The van der Waals surface area contributed by atoms with Gasteiger partial charge in [0, 0.05) is 24.1 Å². The van der Waals surface area contributed by atoms with Gasteiger partial charge in [-0.25, -0.2) is 4.68 Å². The maximum atomic E-state index is 5.98. The van der Waals surface area contributed by atoms with Crippen molar-refractivity contribution in [2.24, 2.45) is 0 Å². The van der Waals surface area contributed by atoms with Crippen LogP contribution < -0.4 is 5.73 Å². The maximum absolute atomic E-state index is 5.98. The molecule has 18 heavy (non-hydrogen) atoms. The van der Waals surface area contributed by atoms with Gasteiger partial charge in [0.15, 0.2) is 0 Å². The van der Waals surface area contributed by atoms with Crippen molar-refractivity contribution in [3.8, 4) is 5.69 Å². The van der Waals surface area contributed by atoms with Crippen molar-refractivity contribution in [2.45, 2.75) is 13.3 Å². The minimum absolute atomic E-state index is 0.642. The number of nitrogen functional groups attached to an aromatic ring is 1. The Morgan fingerprint density at radius 3 is 2.83 bits per heavy atom. The number of aromatic nitrogens is 2. The van der Waals surface area contributed by atoms with Crippen LogP contribution in [0.15, 0.2) is 28.7 Å². The van der Waals surface area contributed by atoms with Crippen molar-refractivity contribution in [2.75, 3.05) is 19.5 Å². The van der Waals surface area contributed by atoms with Crippen molar-refractivity contribution >= 4 is 21.7 Å². The van der Waals surface area contributed by atoms with Crippen molar-refractivity contribution in [1.29, 1.82) is 0 Å². The lowest BCUT2D eigenvalue weighted by Crippen LogP contribution is -2.03. The zero-order chi connectivity index (χ0) is 13.1. The van der Waals surface area contributed by atoms with E-state index in [1.165, 1.54) is 0 Å². The Hall–Kier alpha value is -1.33. The van der Waals surface area contributed by atoms with E-state index in [0.717, 1.165) is 27.8 Å². The maximum Gasteiger partial charge on any atom is 0.127 e. The average molecular weight is 310 g/mol. The first-order chi connectivity index (χ1) is 8.61. The van der Waals surface area contributed by atoms with Crippen LogP contribution in [0.4, 0.5) is 5.82 Å². The topological polar surface area (TPSA) is 53.1 Å². The Bertz CT molecular complexity index is 551. The van der Waals surface area contributed by atoms with E-state index in [9.17, 15) is 0 Å². The molecule has 0 amide bonds. The minimum atomic E-state index is 0.642. The second kappa shape index (κ2) is 5.54. The number of rotatable bonds is 4. The van der Waals surface area contributed by atoms with E-state index in [1.807, 2.05) is 31.2 Å². The largest absolute Gasteiger partial charge is 0.384 e. The van der Waals surface area contributed by atoms with Gasteiger partial charge in [0.2, 0.25) is 0 Å². The summed E-state index contributed by atoms with van der Waals surface area (Å²) in [6.07, 6.45) is 0.767. The van der Waals surface area contributed by atoms with Crippen LogP contribution in [0, 0.1) is 6.92 Å². The molecule has 2 N–H and O–H groups in total. The number of nitrogens with zero attached hydrogens (tertiary/aromatic N) is 2. The number of nitrogens with two attached hydrogens (primary N) is 1. The van der Waals surface area contributed by atoms with Gasteiger partial charge in [-0.05, 0) is 30.7 Å². The van der Waals surface area contributed by atoms with E-state index in [0.29, 0.717) is 12.4 Å². The molecule has 1 heterocycles. The molecule has 96 valence electrons. The Labute approximate surface area is 115 Å². The molecule has 5 heteroatoms. The van der Waals surface area contributed by atoms with Gasteiger partial charge in [0.05, 0.1) is 18.0 Å². The van der Waals surface area contributed by atoms with Gasteiger partial charge in [-0.15, -0.1) is 0 Å². The highest BCUT2D eigenvalue weighted by molar-refractivity contribution is 9.10. The first-order valence-electron chi connectivity index (χ1n) is 5.71. The summed E-state index contributed by atoms with van der Waals surface area (Å²) in [6, 6.07) is 7.92. The van der Waals surface area contributed by atoms with Crippen LogP contribution >= 0.6 is 15.9 Å². The van der Waals surface area contributed by atoms with Crippen LogP contribution in [0.25, 0.3) is 5.69 Å². The monoisotopic (exact) mass is 309 g/mol. The van der Waals surface area contributed by atoms with Gasteiger partial charge in [-0.3, -0.25) is 0 Å². The third-order valence-corrected chi connectivity index (χ3v) is 3.63. The van der Waals surface area contributed by atoms with Crippen LogP contribution in [0.2, 0.25) is 0 Å². The predicted octanol–water partition coefficient (Wildman–Crippen LogP) is 2.71. The lowest BCUT2D eigenvalue weighted by atomic mass is 10.2. The summed E-state index contributed by atoms with van der Waals surface area (Å²) in [4.78, 5) is 0. The predicted molar refractivity (Wildman–Crippen MR) is 76.0 cm³/mol. The zero-order valence-electron chi connectivity index (χ0n) is 10.5. The summed E-state index contributed by atoms with van der Waals surface area (Å²) >= 11 is 3.48. The molecule has 0 fully saturated rings. The van der Waals surface area contributed by atoms with Gasteiger partial charge in [-0.2, -0.15) is 5.10 Å². The standard InChI is InChI=1S/C13H16BrN3O/c1-9-7-11(3-4-12(9)14)17-13(15)8-10(16-17)5-6-18-2/h3-4,7-8H,5-6,15H2,1-2H3. The number of halogens is 1.